The van der Waals surface area contributed by atoms with Crippen molar-refractivity contribution in [3.05, 3.63) is 48.5 Å². The smallest absolute Gasteiger partial charge is 0.279 e. The Kier molecular flexibility index (Phi) is 3.79. The van der Waals surface area contributed by atoms with Gasteiger partial charge in [-0.15, -0.1) is 0 Å². The molecule has 1 saturated heterocycles. The number of nitrogens with one attached hydrogen (secondary N) is 1. The second kappa shape index (κ2) is 5.59. The molecule has 0 radical (unpaired) electrons. The van der Waals surface area contributed by atoms with E-state index in [1.54, 1.807) is 12.5 Å². The van der Waals surface area contributed by atoms with Gasteiger partial charge in [-0.1, -0.05) is 12.1 Å². The van der Waals surface area contributed by atoms with Gasteiger partial charge in [0.1, 0.15) is 0 Å². The minimum Gasteiger partial charge on any atom is -0.306 e. The molecular weight excluding hydrogens is 288 g/mol. The van der Waals surface area contributed by atoms with Crippen LogP contribution in [0.1, 0.15) is 24.9 Å². The Balaban J connectivity index is 1.71. The van der Waals surface area contributed by atoms with Crippen LogP contribution in [0.3, 0.4) is 0 Å². The predicted octanol–water partition coefficient (Wildman–Crippen LogP) is 1.47. The van der Waals surface area contributed by atoms with Crippen molar-refractivity contribution in [1.82, 2.24) is 18.6 Å². The predicted molar refractivity (Wildman–Crippen MR) is 80.2 cm³/mol. The lowest BCUT2D eigenvalue weighted by molar-refractivity contribution is 0.302. The lowest BCUT2D eigenvalue weighted by Gasteiger charge is -2.31. The number of rotatable bonds is 5. The van der Waals surface area contributed by atoms with Gasteiger partial charge in [-0.2, -0.15) is 17.4 Å². The molecule has 0 saturated carbocycles. The lowest BCUT2D eigenvalue weighted by atomic mass is 10.1. The van der Waals surface area contributed by atoms with E-state index < -0.39 is 10.2 Å². The van der Waals surface area contributed by atoms with Crippen LogP contribution in [0, 0.1) is 0 Å². The first-order chi connectivity index (χ1) is 10.1. The fraction of sp³-hybridized carbons (Fsp3) is 0.357. The molecule has 0 amide bonds. The van der Waals surface area contributed by atoms with E-state index >= 15 is 0 Å². The highest BCUT2D eigenvalue weighted by molar-refractivity contribution is 7.87. The van der Waals surface area contributed by atoms with Gasteiger partial charge in [0.15, 0.2) is 0 Å². The number of hydrogen-bond acceptors (Lipinski definition) is 3. The molecule has 0 aliphatic carbocycles. The SMILES string of the molecule is C[C@H](NS(=O)(=O)N1CCC1)c1ccc(-n2ccnc2)cc1. The molecule has 0 unspecified atom stereocenters. The Labute approximate surface area is 124 Å². The fourth-order valence-corrected chi connectivity index (χ4v) is 3.71. The summed E-state index contributed by atoms with van der Waals surface area (Å²) in [7, 11) is -3.36. The van der Waals surface area contributed by atoms with Crippen LogP contribution in [0.4, 0.5) is 0 Å². The third-order valence-electron chi connectivity index (χ3n) is 3.68. The molecule has 0 bridgehead atoms. The quantitative estimate of drug-likeness (QED) is 0.909. The van der Waals surface area contributed by atoms with Crippen LogP contribution < -0.4 is 4.72 Å². The second-order valence-electron chi connectivity index (χ2n) is 5.16. The summed E-state index contributed by atoms with van der Waals surface area (Å²) in [5.74, 6) is 0. The molecule has 0 spiro atoms. The van der Waals surface area contributed by atoms with Crippen molar-refractivity contribution in [3.63, 3.8) is 0 Å². The van der Waals surface area contributed by atoms with Crippen molar-refractivity contribution < 1.29 is 8.42 Å². The zero-order valence-corrected chi connectivity index (χ0v) is 12.6. The van der Waals surface area contributed by atoms with Crippen LogP contribution in [-0.4, -0.2) is 35.4 Å². The zero-order chi connectivity index (χ0) is 14.9. The molecule has 2 aromatic rings. The minimum atomic E-state index is -3.36. The lowest BCUT2D eigenvalue weighted by Crippen LogP contribution is -2.48. The van der Waals surface area contributed by atoms with Crippen molar-refractivity contribution >= 4 is 10.2 Å². The van der Waals surface area contributed by atoms with Crippen LogP contribution in [0.2, 0.25) is 0 Å². The third-order valence-corrected chi connectivity index (χ3v) is 5.37. The second-order valence-corrected chi connectivity index (χ2v) is 6.86. The van der Waals surface area contributed by atoms with Crippen LogP contribution in [0.25, 0.3) is 5.69 Å². The van der Waals surface area contributed by atoms with E-state index in [1.165, 1.54) is 4.31 Å². The van der Waals surface area contributed by atoms with Gasteiger partial charge in [0, 0.05) is 37.2 Å². The van der Waals surface area contributed by atoms with E-state index in [0.717, 1.165) is 17.7 Å². The summed E-state index contributed by atoms with van der Waals surface area (Å²) < 4.78 is 30.2. The first kappa shape index (κ1) is 14.2. The summed E-state index contributed by atoms with van der Waals surface area (Å²) in [6.07, 6.45) is 6.25. The van der Waals surface area contributed by atoms with E-state index in [2.05, 4.69) is 9.71 Å². The van der Waals surface area contributed by atoms with Crippen LogP contribution >= 0.6 is 0 Å². The van der Waals surface area contributed by atoms with Gasteiger partial charge in [-0.05, 0) is 31.0 Å². The van der Waals surface area contributed by atoms with E-state index in [1.807, 2.05) is 42.0 Å². The standard InChI is InChI=1S/C14H18N4O2S/c1-12(16-21(19,20)18-8-2-9-18)13-3-5-14(6-4-13)17-10-7-15-11-17/h3-7,10-12,16H,2,8-9H2,1H3/t12-/m0/s1. The van der Waals surface area contributed by atoms with E-state index in [-0.39, 0.29) is 6.04 Å². The van der Waals surface area contributed by atoms with E-state index in [9.17, 15) is 8.42 Å². The van der Waals surface area contributed by atoms with E-state index in [4.69, 9.17) is 0 Å². The maximum atomic E-state index is 12.1. The number of imidazole rings is 1. The van der Waals surface area contributed by atoms with Gasteiger partial charge >= 0.3 is 0 Å². The number of benzene rings is 1. The molecule has 7 heteroatoms. The molecule has 6 nitrogen and oxygen atoms in total. The fourth-order valence-electron chi connectivity index (χ4n) is 2.24. The van der Waals surface area contributed by atoms with E-state index in [0.29, 0.717) is 13.1 Å². The summed E-state index contributed by atoms with van der Waals surface area (Å²) in [4.78, 5) is 4.01. The summed E-state index contributed by atoms with van der Waals surface area (Å²) in [6, 6.07) is 7.50. The highest BCUT2D eigenvalue weighted by atomic mass is 32.2. The molecule has 1 aromatic heterocycles. The van der Waals surface area contributed by atoms with Crippen LogP contribution in [0.15, 0.2) is 43.0 Å². The van der Waals surface area contributed by atoms with Crippen LogP contribution in [-0.2, 0) is 10.2 Å². The highest BCUT2D eigenvalue weighted by Gasteiger charge is 2.28. The Bertz CT molecular complexity index is 691. The monoisotopic (exact) mass is 306 g/mol. The van der Waals surface area contributed by atoms with Gasteiger partial charge in [0.25, 0.3) is 10.2 Å². The van der Waals surface area contributed by atoms with Gasteiger partial charge in [0.05, 0.1) is 6.33 Å². The average Bonchev–Trinajstić information content (AvgIpc) is 2.89. The zero-order valence-electron chi connectivity index (χ0n) is 11.8. The van der Waals surface area contributed by atoms with Crippen molar-refractivity contribution in [2.75, 3.05) is 13.1 Å². The Hall–Kier alpha value is -1.70. The van der Waals surface area contributed by atoms with Crippen LogP contribution in [0.5, 0.6) is 0 Å². The topological polar surface area (TPSA) is 67.2 Å². The number of nitrogens with zero attached hydrogens (tertiary/aromatic N) is 3. The average molecular weight is 306 g/mol. The first-order valence-electron chi connectivity index (χ1n) is 6.92. The molecule has 1 N–H and O–H groups in total. The van der Waals surface area contributed by atoms with Crippen molar-refractivity contribution in [2.45, 2.75) is 19.4 Å². The first-order valence-corrected chi connectivity index (χ1v) is 8.36. The summed E-state index contributed by atoms with van der Waals surface area (Å²) in [6.45, 7) is 3.08. The highest BCUT2D eigenvalue weighted by Crippen LogP contribution is 2.19. The molecule has 3 rings (SSSR count). The molecule has 112 valence electrons. The molecule has 1 fully saturated rings. The normalized spacial score (nSPS) is 17.4. The summed E-state index contributed by atoms with van der Waals surface area (Å²) >= 11 is 0. The van der Waals surface area contributed by atoms with Gasteiger partial charge < -0.3 is 4.57 Å². The maximum Gasteiger partial charge on any atom is 0.279 e. The van der Waals surface area contributed by atoms with Crippen molar-refractivity contribution in [1.29, 1.82) is 0 Å². The molecule has 1 aliphatic heterocycles. The largest absolute Gasteiger partial charge is 0.306 e. The molecule has 21 heavy (non-hydrogen) atoms. The molecule has 2 heterocycles. The molecule has 1 aromatic carbocycles. The Morgan fingerprint density at radius 3 is 2.48 bits per heavy atom. The van der Waals surface area contributed by atoms with Gasteiger partial charge in [0.2, 0.25) is 0 Å². The maximum absolute atomic E-state index is 12.1. The summed E-state index contributed by atoms with van der Waals surface area (Å²) in [5, 5.41) is 0. The minimum absolute atomic E-state index is 0.257. The van der Waals surface area contributed by atoms with Crippen molar-refractivity contribution in [2.24, 2.45) is 0 Å². The molecule has 1 aliphatic rings. The van der Waals surface area contributed by atoms with Crippen molar-refractivity contribution in [3.8, 4) is 5.69 Å². The van der Waals surface area contributed by atoms with Gasteiger partial charge in [-0.3, -0.25) is 0 Å². The third kappa shape index (κ3) is 2.99. The Morgan fingerprint density at radius 1 is 1.24 bits per heavy atom. The Morgan fingerprint density at radius 2 is 1.95 bits per heavy atom. The number of hydrogen-bond donors (Lipinski definition) is 1. The van der Waals surface area contributed by atoms with Gasteiger partial charge in [-0.25, -0.2) is 4.98 Å². The molecule has 1 atom stereocenters. The number of aromatic nitrogens is 2. The molecular formula is C14H18N4O2S. The summed E-state index contributed by atoms with van der Waals surface area (Å²) in [5.41, 5.74) is 1.93.